The third-order valence-corrected chi connectivity index (χ3v) is 2.33. The molecule has 0 aliphatic rings. The number of ether oxygens (including phenoxy) is 2. The Morgan fingerprint density at radius 1 is 1.56 bits per heavy atom. The number of fused-ring (bicyclic) bond motifs is 1. The van der Waals surface area contributed by atoms with E-state index in [9.17, 15) is 14.5 Å². The number of aromatic amines is 1. The van der Waals surface area contributed by atoms with Crippen LogP contribution in [0.1, 0.15) is 0 Å². The topological polar surface area (TPSA) is 90.3 Å². The summed E-state index contributed by atoms with van der Waals surface area (Å²) in [5.41, 5.74) is -0.259. The third-order valence-electron chi connectivity index (χ3n) is 2.33. The van der Waals surface area contributed by atoms with Gasteiger partial charge in [-0.1, -0.05) is 0 Å². The molecule has 2 aromatic heterocycles. The van der Waals surface area contributed by atoms with Crippen molar-refractivity contribution in [2.45, 2.75) is 0 Å². The number of aromatic nitrogens is 2. The fraction of sp³-hybridized carbons (Fsp3) is 0.300. The Hall–Kier alpha value is -2.22. The van der Waals surface area contributed by atoms with Gasteiger partial charge in [0.15, 0.2) is 11.6 Å². The first-order chi connectivity index (χ1) is 8.65. The molecule has 0 radical (unpaired) electrons. The second-order valence-electron chi connectivity index (χ2n) is 3.43. The van der Waals surface area contributed by atoms with Gasteiger partial charge in [0.25, 0.3) is 5.69 Å². The van der Waals surface area contributed by atoms with Crippen molar-refractivity contribution in [3.63, 3.8) is 0 Å². The lowest BCUT2D eigenvalue weighted by molar-refractivity contribution is -0.383. The summed E-state index contributed by atoms with van der Waals surface area (Å²) in [4.78, 5) is 16.4. The normalized spacial score (nSPS) is 10.8. The van der Waals surface area contributed by atoms with Crippen molar-refractivity contribution in [3.05, 3.63) is 28.3 Å². The standard InChI is InChI=1S/C10H10FN3O4/c1-17-2-3-18-7-5-13-10-8(9(7)11)6(4-12-10)14(15)16/h4-5H,2-3H2,1H3,(H,12,13). The molecule has 0 saturated carbocycles. The molecule has 0 amide bonds. The summed E-state index contributed by atoms with van der Waals surface area (Å²) < 4.78 is 23.9. The zero-order chi connectivity index (χ0) is 13.1. The van der Waals surface area contributed by atoms with E-state index < -0.39 is 10.7 Å². The molecule has 2 rings (SSSR count). The number of hydrogen-bond acceptors (Lipinski definition) is 5. The molecule has 0 spiro atoms. The van der Waals surface area contributed by atoms with Crippen molar-refractivity contribution in [1.82, 2.24) is 9.97 Å². The molecule has 8 heteroatoms. The van der Waals surface area contributed by atoms with E-state index in [1.807, 2.05) is 0 Å². The number of nitrogens with one attached hydrogen (secondary N) is 1. The molecule has 0 aromatic carbocycles. The van der Waals surface area contributed by atoms with E-state index in [1.54, 1.807) is 0 Å². The van der Waals surface area contributed by atoms with Gasteiger partial charge in [-0.15, -0.1) is 0 Å². The van der Waals surface area contributed by atoms with Crippen molar-refractivity contribution in [2.75, 3.05) is 20.3 Å². The minimum absolute atomic E-state index is 0.110. The first-order valence-electron chi connectivity index (χ1n) is 5.07. The van der Waals surface area contributed by atoms with Gasteiger partial charge < -0.3 is 14.5 Å². The largest absolute Gasteiger partial charge is 0.486 e. The average Bonchev–Trinajstić information content (AvgIpc) is 2.77. The van der Waals surface area contributed by atoms with Crippen molar-refractivity contribution >= 4 is 16.7 Å². The number of H-pyrrole nitrogens is 1. The van der Waals surface area contributed by atoms with Gasteiger partial charge in [0.2, 0.25) is 0 Å². The lowest BCUT2D eigenvalue weighted by atomic mass is 10.3. The molecule has 0 unspecified atom stereocenters. The number of rotatable bonds is 5. The minimum Gasteiger partial charge on any atom is -0.486 e. The van der Waals surface area contributed by atoms with E-state index in [-0.39, 0.29) is 35.7 Å². The van der Waals surface area contributed by atoms with Crippen LogP contribution in [0.4, 0.5) is 10.1 Å². The summed E-state index contributed by atoms with van der Waals surface area (Å²) in [6.45, 7) is 0.422. The second kappa shape index (κ2) is 4.96. The van der Waals surface area contributed by atoms with Crippen LogP contribution in [0.5, 0.6) is 5.75 Å². The number of methoxy groups -OCH3 is 1. The van der Waals surface area contributed by atoms with Crippen molar-refractivity contribution < 1.29 is 18.8 Å². The predicted octanol–water partition coefficient (Wildman–Crippen LogP) is 1.64. The van der Waals surface area contributed by atoms with Gasteiger partial charge in [0.05, 0.1) is 23.9 Å². The summed E-state index contributed by atoms with van der Waals surface area (Å²) in [7, 11) is 1.48. The molecule has 0 bridgehead atoms. The summed E-state index contributed by atoms with van der Waals surface area (Å²) in [5.74, 6) is -0.939. The third kappa shape index (κ3) is 2.09. The molecule has 0 aliphatic heterocycles. The fourth-order valence-electron chi connectivity index (χ4n) is 1.50. The van der Waals surface area contributed by atoms with Crippen LogP contribution >= 0.6 is 0 Å². The zero-order valence-corrected chi connectivity index (χ0v) is 9.47. The van der Waals surface area contributed by atoms with E-state index in [1.165, 1.54) is 13.3 Å². The zero-order valence-electron chi connectivity index (χ0n) is 9.47. The van der Waals surface area contributed by atoms with Gasteiger partial charge in [-0.2, -0.15) is 0 Å². The van der Waals surface area contributed by atoms with Crippen LogP contribution in [-0.2, 0) is 4.74 Å². The minimum atomic E-state index is -0.802. The molecule has 0 atom stereocenters. The van der Waals surface area contributed by atoms with Crippen LogP contribution in [0.2, 0.25) is 0 Å². The Kier molecular flexibility index (Phi) is 3.38. The number of pyridine rings is 1. The summed E-state index contributed by atoms with van der Waals surface area (Å²) >= 11 is 0. The van der Waals surface area contributed by atoms with Crippen LogP contribution in [-0.4, -0.2) is 35.2 Å². The van der Waals surface area contributed by atoms with E-state index in [2.05, 4.69) is 9.97 Å². The highest BCUT2D eigenvalue weighted by Crippen LogP contribution is 2.31. The lowest BCUT2D eigenvalue weighted by Gasteiger charge is -2.06. The van der Waals surface area contributed by atoms with E-state index >= 15 is 0 Å². The number of nitro groups is 1. The van der Waals surface area contributed by atoms with E-state index in [4.69, 9.17) is 9.47 Å². The molecule has 0 saturated heterocycles. The fourth-order valence-corrected chi connectivity index (χ4v) is 1.50. The summed E-state index contributed by atoms with van der Waals surface area (Å²) in [6, 6.07) is 0. The number of hydrogen-bond donors (Lipinski definition) is 1. The summed E-state index contributed by atoms with van der Waals surface area (Å²) in [5, 5.41) is 10.5. The Labute approximate surface area is 101 Å². The molecular weight excluding hydrogens is 245 g/mol. The van der Waals surface area contributed by atoms with Gasteiger partial charge in [-0.3, -0.25) is 10.1 Å². The molecule has 0 fully saturated rings. The van der Waals surface area contributed by atoms with Crippen LogP contribution < -0.4 is 4.74 Å². The molecule has 7 nitrogen and oxygen atoms in total. The maximum Gasteiger partial charge on any atom is 0.299 e. The number of nitrogens with zero attached hydrogens (tertiary/aromatic N) is 2. The Balaban J connectivity index is 2.41. The molecule has 2 aromatic rings. The maximum atomic E-state index is 14.0. The van der Waals surface area contributed by atoms with Crippen LogP contribution in [0.3, 0.4) is 0 Å². The van der Waals surface area contributed by atoms with Crippen molar-refractivity contribution in [3.8, 4) is 5.75 Å². The van der Waals surface area contributed by atoms with E-state index in [0.29, 0.717) is 0 Å². The average molecular weight is 255 g/mol. The highest BCUT2D eigenvalue weighted by atomic mass is 19.1. The Morgan fingerprint density at radius 2 is 2.33 bits per heavy atom. The molecule has 0 aliphatic carbocycles. The maximum absolute atomic E-state index is 14.0. The Morgan fingerprint density at radius 3 is 3.00 bits per heavy atom. The smallest absolute Gasteiger partial charge is 0.299 e. The van der Waals surface area contributed by atoms with Crippen LogP contribution in [0.15, 0.2) is 12.4 Å². The highest BCUT2D eigenvalue weighted by molar-refractivity contribution is 5.87. The van der Waals surface area contributed by atoms with Crippen LogP contribution in [0.25, 0.3) is 11.0 Å². The highest BCUT2D eigenvalue weighted by Gasteiger charge is 2.22. The molecule has 18 heavy (non-hydrogen) atoms. The van der Waals surface area contributed by atoms with Gasteiger partial charge in [-0.25, -0.2) is 9.37 Å². The van der Waals surface area contributed by atoms with Gasteiger partial charge in [0.1, 0.15) is 17.6 Å². The monoisotopic (exact) mass is 255 g/mol. The van der Waals surface area contributed by atoms with E-state index in [0.717, 1.165) is 6.20 Å². The van der Waals surface area contributed by atoms with Crippen molar-refractivity contribution in [1.29, 1.82) is 0 Å². The van der Waals surface area contributed by atoms with Gasteiger partial charge in [0, 0.05) is 7.11 Å². The first-order valence-corrected chi connectivity index (χ1v) is 5.07. The van der Waals surface area contributed by atoms with Crippen molar-refractivity contribution in [2.24, 2.45) is 0 Å². The summed E-state index contributed by atoms with van der Waals surface area (Å²) in [6.07, 6.45) is 2.27. The molecule has 2 heterocycles. The quantitative estimate of drug-likeness (QED) is 0.498. The lowest BCUT2D eigenvalue weighted by Crippen LogP contribution is -2.06. The second-order valence-corrected chi connectivity index (χ2v) is 3.43. The van der Waals surface area contributed by atoms with Gasteiger partial charge >= 0.3 is 0 Å². The first kappa shape index (κ1) is 12.2. The number of halogens is 1. The Bertz CT molecular complexity index is 584. The van der Waals surface area contributed by atoms with Gasteiger partial charge in [-0.05, 0) is 0 Å². The molecule has 96 valence electrons. The molecule has 1 N–H and O–H groups in total. The SMILES string of the molecule is COCCOc1cnc2[nH]cc([N+](=O)[O-])c2c1F. The van der Waals surface area contributed by atoms with Crippen LogP contribution in [0, 0.1) is 15.9 Å². The predicted molar refractivity (Wildman–Crippen MR) is 60.1 cm³/mol. The molecular formula is C10H10FN3O4.